The van der Waals surface area contributed by atoms with Gasteiger partial charge in [0.2, 0.25) is 0 Å². The van der Waals surface area contributed by atoms with Crippen LogP contribution < -0.4 is 16.0 Å². The Morgan fingerprint density at radius 2 is 0.597 bits per heavy atom. The number of phenolic OH excluding ortho intramolecular Hbond substituents is 6. The molecule has 0 amide bonds. The van der Waals surface area contributed by atoms with Gasteiger partial charge in [-0.25, -0.2) is 0 Å². The molecule has 0 saturated carbocycles. The smallest absolute Gasteiger partial charge is 0.321 e. The predicted molar refractivity (Wildman–Crippen MR) is 222 cm³/mol. The Kier molecular flexibility index (Phi) is 14.3. The number of carboxylic acids is 7. The molecule has 0 spiro atoms. The number of aliphatic carboxylic acids is 7. The Morgan fingerprint density at radius 3 is 0.836 bits per heavy atom. The van der Waals surface area contributed by atoms with E-state index in [1.807, 2.05) is 0 Å². The van der Waals surface area contributed by atoms with Gasteiger partial charge in [-0.2, -0.15) is 0 Å². The van der Waals surface area contributed by atoms with Crippen molar-refractivity contribution < 1.29 is 99.9 Å². The van der Waals surface area contributed by atoms with Gasteiger partial charge < -0.3 is 66.4 Å². The normalized spacial score (nSPS) is 17.6. The van der Waals surface area contributed by atoms with Crippen LogP contribution in [0.2, 0.25) is 0 Å². The van der Waals surface area contributed by atoms with E-state index in [2.05, 4.69) is 16.0 Å². The summed E-state index contributed by atoms with van der Waals surface area (Å²) in [5.41, 5.74) is 0.0262. The molecule has 0 aromatic heterocycles. The molecule has 0 saturated heterocycles. The number of phenols is 6. The third-order valence-electron chi connectivity index (χ3n) is 12.3. The number of nitrogens with one attached hydrogen (secondary N) is 3. The SMILES string of the molecule is O=C(O)CN(CC(=O)O)Cc1c(O)c(O)c(Cc2c(O)c(O)c(Cc3c(O)c(O)c(CN(CC(=O)O)CC(=O)O)c4c3CNC(C(=O)O)C4)c3c2CNC(C(=O)O)C3)c2c1CC(C(=O)O)NC2. The van der Waals surface area contributed by atoms with E-state index in [1.165, 1.54) is 0 Å². The second kappa shape index (κ2) is 19.6. The average Bonchev–Trinajstić information content (AvgIpc) is 3.24. The zero-order valence-electron chi connectivity index (χ0n) is 35.2. The fraction of sp³-hybridized carbons (Fsp3) is 0.405. The van der Waals surface area contributed by atoms with E-state index in [9.17, 15) is 99.9 Å². The van der Waals surface area contributed by atoms with Gasteiger partial charge >= 0.3 is 41.8 Å². The van der Waals surface area contributed by atoms with E-state index in [0.29, 0.717) is 0 Å². The Hall–Kier alpha value is -7.45. The van der Waals surface area contributed by atoms with E-state index in [0.717, 1.165) is 9.80 Å². The minimum Gasteiger partial charge on any atom is -0.504 e. The molecule has 3 aromatic carbocycles. The van der Waals surface area contributed by atoms with Crippen LogP contribution in [-0.4, -0.2) is 162 Å². The predicted octanol–water partition coefficient (Wildman–Crippen LogP) is -1.66. The van der Waals surface area contributed by atoms with Crippen molar-refractivity contribution in [3.63, 3.8) is 0 Å². The largest absolute Gasteiger partial charge is 0.504 e. The second-order valence-corrected chi connectivity index (χ2v) is 16.5. The molecule has 3 heterocycles. The number of rotatable bonds is 19. The highest BCUT2D eigenvalue weighted by atomic mass is 16.4. The van der Waals surface area contributed by atoms with Crippen LogP contribution in [0.4, 0.5) is 0 Å². The molecule has 3 unspecified atom stereocenters. The van der Waals surface area contributed by atoms with Gasteiger partial charge in [0.15, 0.2) is 34.5 Å². The number of fused-ring (bicyclic) bond motifs is 3. The molecule has 67 heavy (non-hydrogen) atoms. The summed E-state index contributed by atoms with van der Waals surface area (Å²) < 4.78 is 0. The lowest BCUT2D eigenvalue weighted by molar-refractivity contribution is -0.144. The Balaban J connectivity index is 1.52. The van der Waals surface area contributed by atoms with Gasteiger partial charge in [-0.1, -0.05) is 0 Å². The highest BCUT2D eigenvalue weighted by molar-refractivity contribution is 5.79. The second-order valence-electron chi connectivity index (χ2n) is 16.5. The van der Waals surface area contributed by atoms with Crippen molar-refractivity contribution in [2.75, 3.05) is 26.2 Å². The molecule has 3 aromatic rings. The topological polar surface area (TPSA) is 425 Å². The minimum absolute atomic E-state index is 0.104. The fourth-order valence-electron chi connectivity index (χ4n) is 9.22. The van der Waals surface area contributed by atoms with Crippen LogP contribution >= 0.6 is 0 Å². The Morgan fingerprint density at radius 1 is 0.373 bits per heavy atom. The van der Waals surface area contributed by atoms with Crippen LogP contribution in [0.15, 0.2) is 0 Å². The number of hydrogen-bond acceptors (Lipinski definition) is 18. The summed E-state index contributed by atoms with van der Waals surface area (Å²) in [5, 5.41) is 146. The maximum absolute atomic E-state index is 12.4. The quantitative estimate of drug-likeness (QED) is 0.0598. The van der Waals surface area contributed by atoms with Crippen LogP contribution in [0.25, 0.3) is 0 Å². The molecule has 0 radical (unpaired) electrons. The van der Waals surface area contributed by atoms with Crippen molar-refractivity contribution in [2.24, 2.45) is 0 Å². The molecule has 3 aliphatic heterocycles. The summed E-state index contributed by atoms with van der Waals surface area (Å²) in [6.07, 6.45) is -2.14. The molecule has 0 aliphatic carbocycles. The molecule has 6 rings (SSSR count). The van der Waals surface area contributed by atoms with Crippen LogP contribution in [0, 0.1) is 0 Å². The van der Waals surface area contributed by atoms with E-state index in [4.69, 9.17) is 0 Å². The third kappa shape index (κ3) is 10.2. The van der Waals surface area contributed by atoms with Gasteiger partial charge in [0.1, 0.15) is 18.1 Å². The summed E-state index contributed by atoms with van der Waals surface area (Å²) >= 11 is 0. The van der Waals surface area contributed by atoms with Crippen molar-refractivity contribution in [1.82, 2.24) is 25.8 Å². The van der Waals surface area contributed by atoms with Crippen molar-refractivity contribution in [3.05, 3.63) is 66.8 Å². The van der Waals surface area contributed by atoms with Gasteiger partial charge in [-0.05, 0) is 52.6 Å². The van der Waals surface area contributed by atoms with Gasteiger partial charge in [0, 0.05) is 78.9 Å². The summed E-state index contributed by atoms with van der Waals surface area (Å²) in [4.78, 5) is 85.0. The Bertz CT molecular complexity index is 2560. The van der Waals surface area contributed by atoms with Crippen molar-refractivity contribution in [3.8, 4) is 34.5 Å². The molecule has 25 nitrogen and oxygen atoms in total. The fourth-order valence-corrected chi connectivity index (χ4v) is 9.22. The molecule has 25 heteroatoms. The first-order valence-corrected chi connectivity index (χ1v) is 20.4. The molecule has 360 valence electrons. The lowest BCUT2D eigenvalue weighted by Gasteiger charge is -2.33. The maximum atomic E-state index is 12.4. The van der Waals surface area contributed by atoms with Crippen LogP contribution in [0.1, 0.15) is 66.8 Å². The molecule has 16 N–H and O–H groups in total. The van der Waals surface area contributed by atoms with E-state index in [1.54, 1.807) is 0 Å². The molecular formula is C42H47N5O20. The molecule has 3 aliphatic rings. The third-order valence-corrected chi connectivity index (χ3v) is 12.3. The van der Waals surface area contributed by atoms with E-state index >= 15 is 0 Å². The van der Waals surface area contributed by atoms with Crippen molar-refractivity contribution >= 4 is 41.8 Å². The standard InChI is InChI=1S/C42H47N5O20/c48-30(49)11-46(12-31(50)51)9-25-16-4-28(41(64)65)44-7-23(16)19(36(58)38(25)60)1-18-15-3-27(40(62)63)43-6-22(15)20(35(57)34(18)56)2-21-24-8-45-29(42(66)67)5-17(24)26(39(61)37(21)59)10-47(13-32(52)53)14-33(54)55/h27-29,43-45,56-61H,1-14H2,(H,48,49)(H,50,51)(H,52,53)(H,54,55)(H,62,63)(H,64,65)(H,66,67). The minimum atomic E-state index is -1.43. The van der Waals surface area contributed by atoms with Gasteiger partial charge in [-0.3, -0.25) is 59.3 Å². The van der Waals surface area contributed by atoms with Crippen molar-refractivity contribution in [1.29, 1.82) is 0 Å². The van der Waals surface area contributed by atoms with Gasteiger partial charge in [-0.15, -0.1) is 0 Å². The highest BCUT2D eigenvalue weighted by Crippen LogP contribution is 2.49. The summed E-state index contributed by atoms with van der Waals surface area (Å²) in [6, 6.07) is -3.82. The summed E-state index contributed by atoms with van der Waals surface area (Å²) in [7, 11) is 0. The lowest BCUT2D eigenvalue weighted by Crippen LogP contribution is -2.43. The molecular weight excluding hydrogens is 894 g/mol. The Labute approximate surface area is 377 Å². The number of benzene rings is 3. The first kappa shape index (κ1) is 49.0. The maximum Gasteiger partial charge on any atom is 0.321 e. The average molecular weight is 942 g/mol. The van der Waals surface area contributed by atoms with Crippen molar-refractivity contribution in [2.45, 2.75) is 83.0 Å². The number of aromatic hydroxyl groups is 6. The monoisotopic (exact) mass is 941 g/mol. The number of nitrogens with zero attached hydrogens (tertiary/aromatic N) is 2. The van der Waals surface area contributed by atoms with E-state index in [-0.39, 0.29) is 106 Å². The number of carboxylic acid groups (broad SMARTS) is 7. The van der Waals surface area contributed by atoms with Crippen LogP contribution in [0.5, 0.6) is 34.5 Å². The molecule has 3 atom stereocenters. The van der Waals surface area contributed by atoms with Gasteiger partial charge in [0.05, 0.1) is 26.2 Å². The first-order valence-electron chi connectivity index (χ1n) is 20.4. The molecule has 0 fully saturated rings. The van der Waals surface area contributed by atoms with Crippen LogP contribution in [0.3, 0.4) is 0 Å². The zero-order valence-corrected chi connectivity index (χ0v) is 35.2. The molecule has 0 bridgehead atoms. The van der Waals surface area contributed by atoms with Gasteiger partial charge in [0.25, 0.3) is 0 Å². The van der Waals surface area contributed by atoms with E-state index < -0.39 is 147 Å². The first-order chi connectivity index (χ1) is 31.5. The lowest BCUT2D eigenvalue weighted by atomic mass is 9.79. The number of hydrogen-bond donors (Lipinski definition) is 16. The summed E-state index contributed by atoms with van der Waals surface area (Å²) in [6.45, 7) is -5.29. The zero-order chi connectivity index (χ0) is 49.3. The summed E-state index contributed by atoms with van der Waals surface area (Å²) in [5.74, 6) is -14.7. The number of carbonyl (C=O) groups is 7. The van der Waals surface area contributed by atoms with Crippen LogP contribution in [-0.2, 0) is 98.4 Å². The highest BCUT2D eigenvalue weighted by Gasteiger charge is 2.38.